The summed E-state index contributed by atoms with van der Waals surface area (Å²) in [6.07, 6.45) is 3.78. The summed E-state index contributed by atoms with van der Waals surface area (Å²) in [5, 5.41) is 8.11. The monoisotopic (exact) mass is 250 g/mol. The van der Waals surface area contributed by atoms with Crippen molar-refractivity contribution in [3.8, 4) is 0 Å². The Morgan fingerprint density at radius 1 is 1.56 bits per heavy atom. The van der Waals surface area contributed by atoms with Gasteiger partial charge in [0.25, 0.3) is 0 Å². The van der Waals surface area contributed by atoms with E-state index >= 15 is 0 Å². The first-order valence-electron chi connectivity index (χ1n) is 7.14. The number of rotatable bonds is 6. The van der Waals surface area contributed by atoms with Crippen molar-refractivity contribution in [2.24, 2.45) is 0 Å². The third-order valence-electron chi connectivity index (χ3n) is 3.55. The highest BCUT2D eigenvalue weighted by Gasteiger charge is 2.16. The van der Waals surface area contributed by atoms with Crippen molar-refractivity contribution in [1.82, 2.24) is 20.0 Å². The van der Waals surface area contributed by atoms with E-state index in [1.165, 1.54) is 25.1 Å². The second-order valence-electron chi connectivity index (χ2n) is 5.49. The van der Waals surface area contributed by atoms with Crippen LogP contribution in [0.15, 0.2) is 6.07 Å². The summed E-state index contributed by atoms with van der Waals surface area (Å²) in [5.74, 6) is 0. The number of hydrogen-bond donors (Lipinski definition) is 1. The van der Waals surface area contributed by atoms with Crippen LogP contribution in [0.5, 0.6) is 0 Å². The van der Waals surface area contributed by atoms with Crippen LogP contribution in [0.2, 0.25) is 0 Å². The Kier molecular flexibility index (Phi) is 4.78. The summed E-state index contributed by atoms with van der Waals surface area (Å²) in [5.41, 5.74) is 2.47. The van der Waals surface area contributed by atoms with E-state index in [4.69, 9.17) is 0 Å². The van der Waals surface area contributed by atoms with Gasteiger partial charge < -0.3 is 5.32 Å². The molecule has 1 aromatic heterocycles. The van der Waals surface area contributed by atoms with Crippen molar-refractivity contribution >= 4 is 0 Å². The van der Waals surface area contributed by atoms with Gasteiger partial charge in [0.2, 0.25) is 0 Å². The van der Waals surface area contributed by atoms with Gasteiger partial charge in [-0.15, -0.1) is 0 Å². The summed E-state index contributed by atoms with van der Waals surface area (Å²) in [6, 6.07) is 2.90. The Bertz CT molecular complexity index is 366. The zero-order valence-electron chi connectivity index (χ0n) is 11.9. The summed E-state index contributed by atoms with van der Waals surface area (Å²) in [6.45, 7) is 8.63. The van der Waals surface area contributed by atoms with Gasteiger partial charge in [-0.1, -0.05) is 6.92 Å². The third kappa shape index (κ3) is 3.56. The molecule has 18 heavy (non-hydrogen) atoms. The number of likely N-dealkylation sites (N-methyl/N-ethyl adjacent to an activating group) is 1. The first kappa shape index (κ1) is 13.6. The van der Waals surface area contributed by atoms with Crippen molar-refractivity contribution in [3.63, 3.8) is 0 Å². The number of hydrogen-bond acceptors (Lipinski definition) is 3. The topological polar surface area (TPSA) is 33.1 Å². The highest BCUT2D eigenvalue weighted by atomic mass is 15.3. The molecule has 0 amide bonds. The van der Waals surface area contributed by atoms with Gasteiger partial charge in [0.15, 0.2) is 0 Å². The van der Waals surface area contributed by atoms with Gasteiger partial charge in [-0.2, -0.15) is 5.10 Å². The first-order chi connectivity index (χ1) is 8.69. The molecule has 102 valence electrons. The zero-order valence-corrected chi connectivity index (χ0v) is 11.9. The fourth-order valence-corrected chi connectivity index (χ4v) is 2.76. The molecule has 4 nitrogen and oxygen atoms in total. The van der Waals surface area contributed by atoms with Crippen LogP contribution in [-0.4, -0.2) is 40.9 Å². The van der Waals surface area contributed by atoms with Crippen LogP contribution in [-0.2, 0) is 13.1 Å². The Labute approximate surface area is 110 Å². The van der Waals surface area contributed by atoms with Crippen LogP contribution in [0.1, 0.15) is 37.6 Å². The van der Waals surface area contributed by atoms with Crippen molar-refractivity contribution < 1.29 is 0 Å². The van der Waals surface area contributed by atoms with E-state index in [0.717, 1.165) is 31.7 Å². The van der Waals surface area contributed by atoms with Gasteiger partial charge in [0.05, 0.1) is 11.4 Å². The zero-order chi connectivity index (χ0) is 13.0. The lowest BCUT2D eigenvalue weighted by Crippen LogP contribution is -2.35. The van der Waals surface area contributed by atoms with Crippen LogP contribution < -0.4 is 5.32 Å². The van der Waals surface area contributed by atoms with E-state index in [1.54, 1.807) is 0 Å². The van der Waals surface area contributed by atoms with Crippen molar-refractivity contribution in [1.29, 1.82) is 0 Å². The molecule has 1 atom stereocenters. The summed E-state index contributed by atoms with van der Waals surface area (Å²) in [7, 11) is 2.21. The number of nitrogens with one attached hydrogen (secondary N) is 1. The van der Waals surface area contributed by atoms with E-state index in [-0.39, 0.29) is 0 Å². The summed E-state index contributed by atoms with van der Waals surface area (Å²) >= 11 is 0. The Hall–Kier alpha value is -0.870. The Morgan fingerprint density at radius 2 is 2.39 bits per heavy atom. The molecule has 1 aliphatic rings. The van der Waals surface area contributed by atoms with Crippen LogP contribution in [0.25, 0.3) is 0 Å². The molecule has 0 bridgehead atoms. The maximum absolute atomic E-state index is 4.56. The van der Waals surface area contributed by atoms with Gasteiger partial charge in [-0.25, -0.2) is 0 Å². The van der Waals surface area contributed by atoms with Crippen LogP contribution >= 0.6 is 0 Å². The lowest BCUT2D eigenvalue weighted by atomic mass is 10.2. The third-order valence-corrected chi connectivity index (χ3v) is 3.55. The van der Waals surface area contributed by atoms with Crippen molar-refractivity contribution in [2.45, 2.75) is 52.2 Å². The molecule has 0 radical (unpaired) electrons. The quantitative estimate of drug-likeness (QED) is 0.835. The number of nitrogens with zero attached hydrogens (tertiary/aromatic N) is 3. The minimum absolute atomic E-state index is 0.679. The predicted molar refractivity (Wildman–Crippen MR) is 74.6 cm³/mol. The fraction of sp³-hybridized carbons (Fsp3) is 0.786. The van der Waals surface area contributed by atoms with Gasteiger partial charge in [-0.05, 0) is 45.8 Å². The van der Waals surface area contributed by atoms with Gasteiger partial charge in [0.1, 0.15) is 0 Å². The normalized spacial score (nSPS) is 19.9. The molecule has 2 rings (SSSR count). The number of aromatic nitrogens is 2. The van der Waals surface area contributed by atoms with Crippen LogP contribution in [0.3, 0.4) is 0 Å². The predicted octanol–water partition coefficient (Wildman–Crippen LogP) is 1.79. The molecule has 1 unspecified atom stereocenters. The van der Waals surface area contributed by atoms with E-state index in [1.807, 2.05) is 0 Å². The maximum Gasteiger partial charge on any atom is 0.0597 e. The maximum atomic E-state index is 4.56. The van der Waals surface area contributed by atoms with Crippen molar-refractivity contribution in [3.05, 3.63) is 17.5 Å². The molecule has 1 aliphatic heterocycles. The minimum atomic E-state index is 0.679. The molecule has 1 fully saturated rings. The van der Waals surface area contributed by atoms with E-state index < -0.39 is 0 Å². The van der Waals surface area contributed by atoms with E-state index in [2.05, 4.69) is 47.0 Å². The largest absolute Gasteiger partial charge is 0.313 e. The lowest BCUT2D eigenvalue weighted by Gasteiger charge is -2.21. The van der Waals surface area contributed by atoms with Gasteiger partial charge >= 0.3 is 0 Å². The Morgan fingerprint density at radius 3 is 3.06 bits per heavy atom. The molecule has 1 N–H and O–H groups in total. The molecule has 0 spiro atoms. The molecular weight excluding hydrogens is 224 g/mol. The number of aryl methyl sites for hydroxylation is 2. The molecule has 0 aliphatic carbocycles. The van der Waals surface area contributed by atoms with Crippen LogP contribution in [0, 0.1) is 6.92 Å². The van der Waals surface area contributed by atoms with E-state index in [9.17, 15) is 0 Å². The molecule has 4 heteroatoms. The summed E-state index contributed by atoms with van der Waals surface area (Å²) < 4.78 is 2.16. The van der Waals surface area contributed by atoms with Gasteiger partial charge in [-0.3, -0.25) is 9.58 Å². The van der Waals surface area contributed by atoms with Crippen molar-refractivity contribution in [2.75, 3.05) is 20.1 Å². The Balaban J connectivity index is 1.90. The highest BCUT2D eigenvalue weighted by molar-refractivity contribution is 5.08. The van der Waals surface area contributed by atoms with Gasteiger partial charge in [0, 0.05) is 25.7 Å². The van der Waals surface area contributed by atoms with Crippen LogP contribution in [0.4, 0.5) is 0 Å². The summed E-state index contributed by atoms with van der Waals surface area (Å²) in [4.78, 5) is 2.41. The lowest BCUT2D eigenvalue weighted by molar-refractivity contribution is 0.284. The fourth-order valence-electron chi connectivity index (χ4n) is 2.76. The molecule has 1 aromatic rings. The molecule has 1 saturated heterocycles. The average molecular weight is 250 g/mol. The SMILES string of the molecule is CCCn1nc(C)cc1CN(C)CC1CCCN1. The standard InChI is InChI=1S/C14H26N4/c1-4-8-18-14(9-12(2)16-18)11-17(3)10-13-6-5-7-15-13/h9,13,15H,4-8,10-11H2,1-3H3. The molecule has 0 aromatic carbocycles. The molecule has 0 saturated carbocycles. The van der Waals surface area contributed by atoms with E-state index in [0.29, 0.717) is 6.04 Å². The highest BCUT2D eigenvalue weighted by Crippen LogP contribution is 2.10. The second kappa shape index (κ2) is 6.34. The minimum Gasteiger partial charge on any atom is -0.313 e. The first-order valence-corrected chi connectivity index (χ1v) is 7.14. The molecule has 2 heterocycles. The average Bonchev–Trinajstić information content (AvgIpc) is 2.90. The molecular formula is C14H26N4. The second-order valence-corrected chi connectivity index (χ2v) is 5.49. The smallest absolute Gasteiger partial charge is 0.0597 e.